The van der Waals surface area contributed by atoms with Crippen molar-refractivity contribution in [3.05, 3.63) is 60.4 Å². The highest BCUT2D eigenvalue weighted by Crippen LogP contribution is 2.36. The monoisotopic (exact) mass is 629 g/mol. The van der Waals surface area contributed by atoms with Gasteiger partial charge in [0.1, 0.15) is 18.1 Å². The summed E-state index contributed by atoms with van der Waals surface area (Å²) in [6.07, 6.45) is 7.49. The number of aromatic nitrogens is 2. The molecule has 2 amide bonds. The Kier molecular flexibility index (Phi) is 9.79. The molecular formula is C35H47N7O4. The number of H-pyrrole nitrogens is 1. The second-order valence-electron chi connectivity index (χ2n) is 13.1. The van der Waals surface area contributed by atoms with Gasteiger partial charge in [-0.05, 0) is 63.3 Å². The first-order valence-corrected chi connectivity index (χ1v) is 16.6. The number of hydrogen-bond donors (Lipinski definition) is 3. The lowest BCUT2D eigenvalue weighted by Crippen LogP contribution is -2.54. The minimum atomic E-state index is -0.979. The van der Waals surface area contributed by atoms with E-state index in [1.807, 2.05) is 55.3 Å². The van der Waals surface area contributed by atoms with E-state index >= 15 is 0 Å². The molecule has 3 fully saturated rings. The molecule has 246 valence electrons. The number of nitrogens with zero attached hydrogens (tertiary/aromatic N) is 4. The Balaban J connectivity index is 1.13. The molecule has 0 bridgehead atoms. The minimum Gasteiger partial charge on any atom is -0.492 e. The van der Waals surface area contributed by atoms with Crippen LogP contribution in [0.5, 0.6) is 11.5 Å². The number of anilines is 1. The van der Waals surface area contributed by atoms with Gasteiger partial charge >= 0.3 is 0 Å². The zero-order valence-corrected chi connectivity index (χ0v) is 27.0. The zero-order valence-electron chi connectivity index (χ0n) is 27.0. The van der Waals surface area contributed by atoms with Crippen LogP contribution < -0.4 is 25.4 Å². The van der Waals surface area contributed by atoms with Gasteiger partial charge in [0.2, 0.25) is 5.91 Å². The maximum absolute atomic E-state index is 14.1. The van der Waals surface area contributed by atoms with E-state index in [1.165, 1.54) is 0 Å². The second kappa shape index (κ2) is 14.1. The Hall–Kier alpha value is -4.09. The summed E-state index contributed by atoms with van der Waals surface area (Å²) in [7, 11) is 0. The fraction of sp³-hybridized carbons (Fsp3) is 0.514. The molecule has 1 atom stereocenters. The third-order valence-electron chi connectivity index (χ3n) is 9.10. The maximum Gasteiger partial charge on any atom is 0.266 e. The summed E-state index contributed by atoms with van der Waals surface area (Å²) in [4.78, 5) is 33.6. The van der Waals surface area contributed by atoms with Crippen LogP contribution in [0.1, 0.15) is 45.1 Å². The predicted octanol–water partition coefficient (Wildman–Crippen LogP) is 3.41. The maximum atomic E-state index is 14.1. The molecule has 6 rings (SSSR count). The second-order valence-corrected chi connectivity index (χ2v) is 13.1. The quantitative estimate of drug-likeness (QED) is 0.278. The van der Waals surface area contributed by atoms with E-state index in [9.17, 15) is 9.59 Å². The fourth-order valence-corrected chi connectivity index (χ4v) is 6.54. The van der Waals surface area contributed by atoms with Crippen molar-refractivity contribution >= 4 is 17.5 Å². The SMILES string of the molecule is CC(C)(Oc1cccc(N2CCC[C@@H](C(=O)N(Cc3ccc(-c4cn[nH]c4)c(OCCN)c3)C3CC3)C2)c1)C(=O)N1CCNCC1. The summed E-state index contributed by atoms with van der Waals surface area (Å²) < 4.78 is 12.3. The molecule has 3 aliphatic rings. The third kappa shape index (κ3) is 7.47. The van der Waals surface area contributed by atoms with Crippen LogP contribution in [0, 0.1) is 5.92 Å². The van der Waals surface area contributed by atoms with Crippen molar-refractivity contribution in [3.8, 4) is 22.6 Å². The summed E-state index contributed by atoms with van der Waals surface area (Å²) in [5.41, 5.74) is 8.70. The van der Waals surface area contributed by atoms with Crippen molar-refractivity contribution in [2.45, 2.75) is 57.7 Å². The van der Waals surface area contributed by atoms with Crippen LogP contribution in [-0.2, 0) is 16.1 Å². The number of piperidine rings is 1. The largest absolute Gasteiger partial charge is 0.492 e. The van der Waals surface area contributed by atoms with E-state index in [4.69, 9.17) is 15.2 Å². The molecule has 0 spiro atoms. The van der Waals surface area contributed by atoms with Crippen LogP contribution in [0.4, 0.5) is 5.69 Å². The predicted molar refractivity (Wildman–Crippen MR) is 178 cm³/mol. The van der Waals surface area contributed by atoms with Crippen LogP contribution in [0.2, 0.25) is 0 Å². The van der Waals surface area contributed by atoms with Gasteiger partial charge in [-0.2, -0.15) is 5.10 Å². The molecule has 2 saturated heterocycles. The molecule has 46 heavy (non-hydrogen) atoms. The van der Waals surface area contributed by atoms with Gasteiger partial charge in [0.25, 0.3) is 5.91 Å². The van der Waals surface area contributed by atoms with Gasteiger partial charge in [0, 0.05) is 87.5 Å². The molecule has 2 aromatic carbocycles. The molecule has 1 aromatic heterocycles. The summed E-state index contributed by atoms with van der Waals surface area (Å²) in [6.45, 7) is 9.54. The number of rotatable bonds is 12. The molecule has 11 heteroatoms. The van der Waals surface area contributed by atoms with Crippen molar-refractivity contribution in [2.24, 2.45) is 11.7 Å². The lowest BCUT2D eigenvalue weighted by Gasteiger charge is -2.37. The van der Waals surface area contributed by atoms with Gasteiger partial charge in [0.15, 0.2) is 5.60 Å². The van der Waals surface area contributed by atoms with Crippen LogP contribution in [0.15, 0.2) is 54.9 Å². The molecule has 2 aliphatic heterocycles. The topological polar surface area (TPSA) is 129 Å². The van der Waals surface area contributed by atoms with Crippen molar-refractivity contribution in [1.29, 1.82) is 0 Å². The average Bonchev–Trinajstić information content (AvgIpc) is 3.78. The van der Waals surface area contributed by atoms with E-state index in [2.05, 4.69) is 37.4 Å². The lowest BCUT2D eigenvalue weighted by molar-refractivity contribution is -0.146. The van der Waals surface area contributed by atoms with E-state index in [0.29, 0.717) is 45.1 Å². The molecule has 1 aliphatic carbocycles. The molecule has 3 aromatic rings. The normalized spacial score (nSPS) is 18.7. The molecule has 1 saturated carbocycles. The van der Waals surface area contributed by atoms with Gasteiger partial charge in [-0.1, -0.05) is 18.2 Å². The molecule has 0 unspecified atom stereocenters. The number of ether oxygens (including phenoxy) is 2. The Labute approximate surface area is 271 Å². The number of benzene rings is 2. The van der Waals surface area contributed by atoms with Crippen LogP contribution in [-0.4, -0.2) is 95.9 Å². The number of amides is 2. The minimum absolute atomic E-state index is 0.00242. The molecule has 3 heterocycles. The average molecular weight is 630 g/mol. The van der Waals surface area contributed by atoms with Crippen molar-refractivity contribution in [1.82, 2.24) is 25.3 Å². The Bertz CT molecular complexity index is 1480. The van der Waals surface area contributed by atoms with E-state index in [-0.39, 0.29) is 23.8 Å². The Morgan fingerprint density at radius 1 is 1.09 bits per heavy atom. The van der Waals surface area contributed by atoms with Gasteiger partial charge in [0.05, 0.1) is 12.1 Å². The van der Waals surface area contributed by atoms with Gasteiger partial charge in [-0.15, -0.1) is 0 Å². The number of carbonyl (C=O) groups is 2. The zero-order chi connectivity index (χ0) is 32.1. The summed E-state index contributed by atoms with van der Waals surface area (Å²) in [5.74, 6) is 1.52. The molecule has 4 N–H and O–H groups in total. The first-order chi connectivity index (χ1) is 22.3. The number of aromatic amines is 1. The molecular weight excluding hydrogens is 582 g/mol. The summed E-state index contributed by atoms with van der Waals surface area (Å²) in [6, 6.07) is 14.4. The van der Waals surface area contributed by atoms with Gasteiger partial charge in [-0.3, -0.25) is 14.7 Å². The van der Waals surface area contributed by atoms with Gasteiger partial charge < -0.3 is 35.2 Å². The highest BCUT2D eigenvalue weighted by Gasteiger charge is 2.38. The van der Waals surface area contributed by atoms with Gasteiger partial charge in [-0.25, -0.2) is 0 Å². The van der Waals surface area contributed by atoms with E-state index in [1.54, 1.807) is 6.20 Å². The number of piperazine rings is 1. The number of nitrogens with one attached hydrogen (secondary N) is 2. The first-order valence-electron chi connectivity index (χ1n) is 16.6. The summed E-state index contributed by atoms with van der Waals surface area (Å²) in [5, 5.41) is 10.2. The smallest absolute Gasteiger partial charge is 0.266 e. The molecule has 0 radical (unpaired) electrons. The van der Waals surface area contributed by atoms with Crippen LogP contribution >= 0.6 is 0 Å². The standard InChI is InChI=1S/C35H47N7O4/c1-35(2,34(44)40-16-13-37-14-17-40)46-30-7-3-6-29(20-30)41-15-4-5-26(24-41)33(43)42(28-9-10-28)23-25-8-11-31(27-21-38-39-22-27)32(19-25)45-18-12-36/h3,6-8,11,19-22,26,28,37H,4-5,9-10,12-18,23-24,36H2,1-2H3,(H,38,39)/t26-/m1/s1. The fourth-order valence-electron chi connectivity index (χ4n) is 6.54. The van der Waals surface area contributed by atoms with Crippen molar-refractivity contribution in [2.75, 3.05) is 57.3 Å². The van der Waals surface area contributed by atoms with Crippen LogP contribution in [0.25, 0.3) is 11.1 Å². The van der Waals surface area contributed by atoms with E-state index in [0.717, 1.165) is 73.4 Å². The Morgan fingerprint density at radius 3 is 2.65 bits per heavy atom. The van der Waals surface area contributed by atoms with E-state index < -0.39 is 5.60 Å². The van der Waals surface area contributed by atoms with Crippen molar-refractivity contribution < 1.29 is 19.1 Å². The number of nitrogens with two attached hydrogens (primary N) is 1. The number of carbonyl (C=O) groups excluding carboxylic acids is 2. The summed E-state index contributed by atoms with van der Waals surface area (Å²) >= 11 is 0. The van der Waals surface area contributed by atoms with Crippen LogP contribution in [0.3, 0.4) is 0 Å². The lowest BCUT2D eigenvalue weighted by atomic mass is 9.95. The highest BCUT2D eigenvalue weighted by atomic mass is 16.5. The highest BCUT2D eigenvalue weighted by molar-refractivity contribution is 5.85. The number of hydrogen-bond acceptors (Lipinski definition) is 8. The third-order valence-corrected chi connectivity index (χ3v) is 9.10. The van der Waals surface area contributed by atoms with Crippen molar-refractivity contribution in [3.63, 3.8) is 0 Å². The molecule has 11 nitrogen and oxygen atoms in total. The Morgan fingerprint density at radius 2 is 1.91 bits per heavy atom. The first kappa shape index (κ1) is 31.9.